The van der Waals surface area contributed by atoms with Gasteiger partial charge in [0.05, 0.1) is 28.7 Å². The average Bonchev–Trinajstić information content (AvgIpc) is 2.74. The predicted octanol–water partition coefficient (Wildman–Crippen LogP) is 2.38. The summed E-state index contributed by atoms with van der Waals surface area (Å²) in [7, 11) is -3.69. The van der Waals surface area contributed by atoms with Crippen LogP contribution < -0.4 is 0 Å². The maximum absolute atomic E-state index is 13.5. The molecule has 1 heterocycles. The molecule has 0 N–H and O–H groups in total. The number of benzene rings is 2. The van der Waals surface area contributed by atoms with Crippen molar-refractivity contribution in [3.63, 3.8) is 0 Å². The van der Waals surface area contributed by atoms with Gasteiger partial charge in [0.25, 0.3) is 0 Å². The van der Waals surface area contributed by atoms with Crippen molar-refractivity contribution >= 4 is 16.0 Å². The van der Waals surface area contributed by atoms with Crippen molar-refractivity contribution < 1.29 is 22.3 Å². The number of nitriles is 1. The first-order valence-corrected chi connectivity index (χ1v) is 11.0. The summed E-state index contributed by atoms with van der Waals surface area (Å²) in [5.74, 6) is -0.902. The first-order chi connectivity index (χ1) is 14.3. The third-order valence-corrected chi connectivity index (χ3v) is 6.83. The van der Waals surface area contributed by atoms with Crippen LogP contribution in [0.2, 0.25) is 0 Å². The Morgan fingerprint density at radius 2 is 1.80 bits per heavy atom. The van der Waals surface area contributed by atoms with Gasteiger partial charge >= 0.3 is 5.97 Å². The molecule has 0 unspecified atom stereocenters. The number of sulfonamides is 1. The molecule has 158 valence electrons. The van der Waals surface area contributed by atoms with E-state index in [-0.39, 0.29) is 24.6 Å². The summed E-state index contributed by atoms with van der Waals surface area (Å²) < 4.78 is 45.6. The lowest BCUT2D eigenvalue weighted by Crippen LogP contribution is -2.48. The second-order valence-corrected chi connectivity index (χ2v) is 8.78. The molecule has 1 saturated heterocycles. The smallest absolute Gasteiger partial charge is 0.338 e. The number of halogens is 1. The molecule has 0 spiro atoms. The lowest BCUT2D eigenvalue weighted by atomic mass is 10.1. The highest BCUT2D eigenvalue weighted by Gasteiger charge is 2.29. The zero-order valence-electron chi connectivity index (χ0n) is 16.5. The van der Waals surface area contributed by atoms with Gasteiger partial charge in [0.1, 0.15) is 5.82 Å². The third-order valence-electron chi connectivity index (χ3n) is 4.92. The Labute approximate surface area is 175 Å². The molecule has 2 aromatic rings. The number of nitrogens with zero attached hydrogens (tertiary/aromatic N) is 3. The Bertz CT molecular complexity index is 1060. The first-order valence-electron chi connectivity index (χ1n) is 9.53. The molecule has 0 amide bonds. The molecule has 30 heavy (non-hydrogen) atoms. The van der Waals surface area contributed by atoms with Crippen LogP contribution in [0.5, 0.6) is 0 Å². The van der Waals surface area contributed by atoms with E-state index < -0.39 is 21.8 Å². The molecule has 3 rings (SSSR count). The zero-order valence-corrected chi connectivity index (χ0v) is 17.4. The van der Waals surface area contributed by atoms with Crippen LogP contribution in [0.1, 0.15) is 28.4 Å². The number of rotatable bonds is 6. The number of esters is 1. The van der Waals surface area contributed by atoms with E-state index in [4.69, 9.17) is 4.74 Å². The normalized spacial score (nSPS) is 15.5. The highest BCUT2D eigenvalue weighted by Crippen LogP contribution is 2.20. The van der Waals surface area contributed by atoms with Crippen molar-refractivity contribution in [2.75, 3.05) is 32.8 Å². The van der Waals surface area contributed by atoms with E-state index in [1.54, 1.807) is 6.92 Å². The molecule has 1 aliphatic heterocycles. The first kappa shape index (κ1) is 21.9. The van der Waals surface area contributed by atoms with E-state index in [1.807, 2.05) is 4.90 Å². The summed E-state index contributed by atoms with van der Waals surface area (Å²) in [6, 6.07) is 11.8. The van der Waals surface area contributed by atoms with Crippen LogP contribution >= 0.6 is 0 Å². The maximum atomic E-state index is 13.5. The molecule has 0 aromatic heterocycles. The number of ether oxygens (including phenoxy) is 1. The molecule has 0 bridgehead atoms. The Morgan fingerprint density at radius 3 is 2.40 bits per heavy atom. The van der Waals surface area contributed by atoms with Crippen molar-refractivity contribution in [3.05, 3.63) is 65.0 Å². The third kappa shape index (κ3) is 4.84. The van der Waals surface area contributed by atoms with Gasteiger partial charge in [-0.1, -0.05) is 0 Å². The Hall–Kier alpha value is -2.80. The van der Waals surface area contributed by atoms with Gasteiger partial charge in [0, 0.05) is 32.7 Å². The fourth-order valence-corrected chi connectivity index (χ4v) is 4.72. The molecule has 0 aliphatic carbocycles. The number of hydrogen-bond donors (Lipinski definition) is 0. The van der Waals surface area contributed by atoms with E-state index in [9.17, 15) is 22.9 Å². The molecular weight excluding hydrogens is 409 g/mol. The van der Waals surface area contributed by atoms with Crippen LogP contribution in [0.15, 0.2) is 47.4 Å². The van der Waals surface area contributed by atoms with Gasteiger partial charge in [0.2, 0.25) is 10.0 Å². The minimum absolute atomic E-state index is 0.112. The van der Waals surface area contributed by atoms with Crippen LogP contribution in [-0.4, -0.2) is 56.4 Å². The second-order valence-electron chi connectivity index (χ2n) is 6.84. The largest absolute Gasteiger partial charge is 0.462 e. The molecular formula is C21H22FN3O4S. The van der Waals surface area contributed by atoms with E-state index in [1.165, 1.54) is 46.8 Å². The van der Waals surface area contributed by atoms with E-state index in [0.29, 0.717) is 36.3 Å². The predicted molar refractivity (Wildman–Crippen MR) is 108 cm³/mol. The Kier molecular flexibility index (Phi) is 6.82. The minimum Gasteiger partial charge on any atom is -0.462 e. The highest BCUT2D eigenvalue weighted by molar-refractivity contribution is 7.89. The number of carbonyl (C=O) groups is 1. The molecule has 7 nitrogen and oxygen atoms in total. The second kappa shape index (κ2) is 9.34. The van der Waals surface area contributed by atoms with Crippen molar-refractivity contribution in [1.29, 1.82) is 5.26 Å². The van der Waals surface area contributed by atoms with Gasteiger partial charge in [-0.3, -0.25) is 4.90 Å². The van der Waals surface area contributed by atoms with Gasteiger partial charge < -0.3 is 4.74 Å². The van der Waals surface area contributed by atoms with Gasteiger partial charge in [-0.25, -0.2) is 17.6 Å². The standard InChI is InChI=1S/C21H22FN3O4S/c1-2-29-21(26)16-4-7-20(8-5-16)30(27,28)25-11-9-24(10-12-25)15-18-13-19(22)6-3-17(18)14-23/h3-8,13H,2,9-12,15H2,1H3. The van der Waals surface area contributed by atoms with Crippen molar-refractivity contribution in [3.8, 4) is 6.07 Å². The summed E-state index contributed by atoms with van der Waals surface area (Å²) in [4.78, 5) is 13.8. The maximum Gasteiger partial charge on any atom is 0.338 e. The molecule has 1 fully saturated rings. The molecule has 0 saturated carbocycles. The van der Waals surface area contributed by atoms with E-state index >= 15 is 0 Å². The average molecular weight is 431 g/mol. The van der Waals surface area contributed by atoms with E-state index in [0.717, 1.165) is 0 Å². The fourth-order valence-electron chi connectivity index (χ4n) is 3.30. The van der Waals surface area contributed by atoms with Crippen molar-refractivity contribution in [1.82, 2.24) is 9.21 Å². The van der Waals surface area contributed by atoms with Crippen LogP contribution in [0.4, 0.5) is 4.39 Å². The van der Waals surface area contributed by atoms with Gasteiger partial charge in [-0.15, -0.1) is 0 Å². The van der Waals surface area contributed by atoms with Gasteiger partial charge in [-0.2, -0.15) is 9.57 Å². The molecule has 9 heteroatoms. The summed E-state index contributed by atoms with van der Waals surface area (Å²) in [6.45, 7) is 3.80. The van der Waals surface area contributed by atoms with E-state index in [2.05, 4.69) is 6.07 Å². The quantitative estimate of drug-likeness (QED) is 0.653. The lowest BCUT2D eigenvalue weighted by molar-refractivity contribution is 0.0526. The summed E-state index contributed by atoms with van der Waals surface area (Å²) in [5, 5.41) is 9.19. The Balaban J connectivity index is 1.65. The SMILES string of the molecule is CCOC(=O)c1ccc(S(=O)(=O)N2CCN(Cc3cc(F)ccc3C#N)CC2)cc1. The zero-order chi connectivity index (χ0) is 21.7. The topological polar surface area (TPSA) is 90.7 Å². The van der Waals surface area contributed by atoms with Crippen LogP contribution in [0, 0.1) is 17.1 Å². The lowest BCUT2D eigenvalue weighted by Gasteiger charge is -2.34. The number of hydrogen-bond acceptors (Lipinski definition) is 6. The van der Waals surface area contributed by atoms with Crippen LogP contribution in [0.25, 0.3) is 0 Å². The Morgan fingerprint density at radius 1 is 1.13 bits per heavy atom. The molecule has 2 aromatic carbocycles. The molecule has 1 aliphatic rings. The minimum atomic E-state index is -3.69. The number of piperazine rings is 1. The van der Waals surface area contributed by atoms with Crippen molar-refractivity contribution in [2.45, 2.75) is 18.4 Å². The van der Waals surface area contributed by atoms with Crippen LogP contribution in [-0.2, 0) is 21.3 Å². The molecule has 0 radical (unpaired) electrons. The fraction of sp³-hybridized carbons (Fsp3) is 0.333. The summed E-state index contributed by atoms with van der Waals surface area (Å²) >= 11 is 0. The van der Waals surface area contributed by atoms with Gasteiger partial charge in [-0.05, 0) is 55.0 Å². The summed E-state index contributed by atoms with van der Waals surface area (Å²) in [6.07, 6.45) is 0. The molecule has 0 atom stereocenters. The van der Waals surface area contributed by atoms with Crippen molar-refractivity contribution in [2.24, 2.45) is 0 Å². The monoisotopic (exact) mass is 431 g/mol. The van der Waals surface area contributed by atoms with Crippen LogP contribution in [0.3, 0.4) is 0 Å². The number of carbonyl (C=O) groups excluding carboxylic acids is 1. The highest BCUT2D eigenvalue weighted by atomic mass is 32.2. The van der Waals surface area contributed by atoms with Gasteiger partial charge in [0.15, 0.2) is 0 Å². The summed E-state index contributed by atoms with van der Waals surface area (Å²) in [5.41, 5.74) is 1.29.